The fourth-order valence-electron chi connectivity index (χ4n) is 3.47. The average molecular weight is 412 g/mol. The van der Waals surface area contributed by atoms with Crippen molar-refractivity contribution in [3.05, 3.63) is 77.6 Å². The van der Waals surface area contributed by atoms with Gasteiger partial charge in [-0.2, -0.15) is 10.4 Å². The third-order valence-electron chi connectivity index (χ3n) is 5.13. The van der Waals surface area contributed by atoms with Gasteiger partial charge in [0.15, 0.2) is 0 Å². The van der Waals surface area contributed by atoms with E-state index in [1.165, 1.54) is 6.92 Å². The lowest BCUT2D eigenvalue weighted by atomic mass is 9.98. The number of hydrogen-bond acceptors (Lipinski definition) is 5. The number of nitrogens with zero attached hydrogens (tertiary/aromatic N) is 5. The molecule has 4 rings (SSSR count). The van der Waals surface area contributed by atoms with E-state index in [1.54, 1.807) is 65.3 Å². The molecule has 3 heterocycles. The minimum atomic E-state index is -0.162. The first-order chi connectivity index (χ1) is 15.0. The number of anilines is 1. The molecular weight excluding hydrogens is 392 g/mol. The topological polar surface area (TPSA) is 103 Å². The zero-order valence-corrected chi connectivity index (χ0v) is 17.1. The molecule has 0 fully saturated rings. The number of nitriles is 1. The van der Waals surface area contributed by atoms with Gasteiger partial charge in [0.2, 0.25) is 5.91 Å². The summed E-state index contributed by atoms with van der Waals surface area (Å²) in [4.78, 5) is 30.2. The molecule has 2 amide bonds. The lowest BCUT2D eigenvalue weighted by Crippen LogP contribution is -2.28. The summed E-state index contributed by atoms with van der Waals surface area (Å²) in [5.74, 6) is 0.216. The number of fused-ring (bicyclic) bond motifs is 1. The van der Waals surface area contributed by atoms with Gasteiger partial charge in [-0.1, -0.05) is 6.08 Å². The van der Waals surface area contributed by atoms with Gasteiger partial charge >= 0.3 is 0 Å². The molecule has 154 valence electrons. The number of pyridine rings is 1. The van der Waals surface area contributed by atoms with Crippen LogP contribution in [0.5, 0.6) is 0 Å². The number of hydrogen-bond donors (Lipinski definition) is 1. The maximum Gasteiger partial charge on any atom is 0.258 e. The number of dihydropyridines is 1. The minimum Gasteiger partial charge on any atom is -0.311 e. The van der Waals surface area contributed by atoms with Crippen LogP contribution < -0.4 is 10.2 Å². The smallest absolute Gasteiger partial charge is 0.258 e. The fraction of sp³-hybridized carbons (Fsp3) is 0.174. The number of rotatable bonds is 3. The first kappa shape index (κ1) is 20.0. The lowest BCUT2D eigenvalue weighted by molar-refractivity contribution is -0.117. The zero-order chi connectivity index (χ0) is 22.0. The van der Waals surface area contributed by atoms with Crippen LogP contribution in [0.1, 0.15) is 34.3 Å². The number of carbonyl (C=O) groups excluding carboxylic acids is 2. The molecule has 0 saturated carbocycles. The molecule has 0 aliphatic carbocycles. The Kier molecular flexibility index (Phi) is 5.33. The molecule has 2 aromatic heterocycles. The van der Waals surface area contributed by atoms with E-state index in [-0.39, 0.29) is 17.7 Å². The molecule has 3 aromatic rings. The molecule has 8 heteroatoms. The minimum absolute atomic E-state index is 0.00313. The summed E-state index contributed by atoms with van der Waals surface area (Å²) in [6.45, 7) is 1.93. The van der Waals surface area contributed by atoms with Crippen molar-refractivity contribution in [2.24, 2.45) is 4.99 Å². The Morgan fingerprint density at radius 2 is 2.03 bits per heavy atom. The van der Waals surface area contributed by atoms with E-state index in [0.29, 0.717) is 29.2 Å². The maximum atomic E-state index is 13.1. The highest BCUT2D eigenvalue weighted by molar-refractivity contribution is 6.06. The third-order valence-corrected chi connectivity index (χ3v) is 5.13. The van der Waals surface area contributed by atoms with E-state index in [0.717, 1.165) is 11.1 Å². The number of carbonyl (C=O) groups is 2. The first-order valence-corrected chi connectivity index (χ1v) is 9.72. The Hall–Kier alpha value is -4.25. The Morgan fingerprint density at radius 1 is 1.26 bits per heavy atom. The number of aromatic nitrogens is 2. The Bertz CT molecular complexity index is 1260. The molecule has 0 bridgehead atoms. The van der Waals surface area contributed by atoms with E-state index in [2.05, 4.69) is 21.5 Å². The molecule has 1 N–H and O–H groups in total. The second kappa shape index (κ2) is 8.24. The molecule has 1 aliphatic heterocycles. The van der Waals surface area contributed by atoms with Gasteiger partial charge in [0.1, 0.15) is 5.84 Å². The number of amidine groups is 1. The van der Waals surface area contributed by atoms with Crippen molar-refractivity contribution < 1.29 is 9.59 Å². The highest BCUT2D eigenvalue weighted by Crippen LogP contribution is 2.26. The predicted octanol–water partition coefficient (Wildman–Crippen LogP) is 2.67. The van der Waals surface area contributed by atoms with Crippen molar-refractivity contribution in [1.82, 2.24) is 14.9 Å². The van der Waals surface area contributed by atoms with E-state index in [1.807, 2.05) is 12.1 Å². The quantitative estimate of drug-likeness (QED) is 0.714. The van der Waals surface area contributed by atoms with E-state index in [9.17, 15) is 9.59 Å². The summed E-state index contributed by atoms with van der Waals surface area (Å²) in [5, 5.41) is 16.0. The predicted molar refractivity (Wildman–Crippen MR) is 117 cm³/mol. The Morgan fingerprint density at radius 3 is 2.68 bits per heavy atom. The van der Waals surface area contributed by atoms with Crippen molar-refractivity contribution in [3.8, 4) is 6.07 Å². The van der Waals surface area contributed by atoms with Gasteiger partial charge in [-0.3, -0.25) is 14.6 Å². The second-order valence-corrected chi connectivity index (χ2v) is 7.24. The van der Waals surface area contributed by atoms with Gasteiger partial charge in [0, 0.05) is 42.9 Å². The van der Waals surface area contributed by atoms with Crippen LogP contribution in [0.2, 0.25) is 0 Å². The molecular formula is C23H20N6O2. The Balaban J connectivity index is 1.59. The van der Waals surface area contributed by atoms with Crippen LogP contribution in [-0.2, 0) is 4.79 Å². The molecule has 0 spiro atoms. The number of nitrogens with one attached hydrogen (secondary N) is 1. The summed E-state index contributed by atoms with van der Waals surface area (Å²) in [6.07, 6.45) is 7.30. The number of benzene rings is 1. The molecule has 31 heavy (non-hydrogen) atoms. The van der Waals surface area contributed by atoms with Gasteiger partial charge in [0.05, 0.1) is 29.9 Å². The standard InChI is InChI=1S/C23H20N6O2/c1-15(30)27-22-8-5-18(13-25-22)20-14-26-29-10-9-17(11-21(20)29)23(31)28(2)19-6-3-16(12-24)4-7-19/h3-11,14,18H,13H2,1-2H3,(H,25,27,30). The largest absolute Gasteiger partial charge is 0.311 e. The normalized spacial score (nSPS) is 15.3. The average Bonchev–Trinajstić information content (AvgIpc) is 3.21. The number of amides is 2. The SMILES string of the molecule is CC(=O)NC1=NCC(c2cnn3ccc(C(=O)N(C)c4ccc(C#N)cc4)cc23)C=C1. The summed E-state index contributed by atoms with van der Waals surface area (Å²) in [7, 11) is 1.70. The van der Waals surface area contributed by atoms with Crippen LogP contribution in [0.25, 0.3) is 5.52 Å². The van der Waals surface area contributed by atoms with Gasteiger partial charge < -0.3 is 10.2 Å². The monoisotopic (exact) mass is 412 g/mol. The molecule has 8 nitrogen and oxygen atoms in total. The summed E-state index contributed by atoms with van der Waals surface area (Å²) in [5.41, 5.74) is 3.56. The number of aliphatic imine (C=N–C) groups is 1. The highest BCUT2D eigenvalue weighted by atomic mass is 16.2. The van der Waals surface area contributed by atoms with Gasteiger partial charge in [-0.15, -0.1) is 0 Å². The summed E-state index contributed by atoms with van der Waals surface area (Å²) in [6, 6.07) is 12.5. The molecule has 1 unspecified atom stereocenters. The van der Waals surface area contributed by atoms with Crippen molar-refractivity contribution in [1.29, 1.82) is 5.26 Å². The van der Waals surface area contributed by atoms with Crippen LogP contribution in [0.15, 0.2) is 65.9 Å². The van der Waals surface area contributed by atoms with Gasteiger partial charge in [0.25, 0.3) is 5.91 Å². The Labute approximate surface area is 179 Å². The third kappa shape index (κ3) is 4.07. The van der Waals surface area contributed by atoms with Crippen LogP contribution >= 0.6 is 0 Å². The fourth-order valence-corrected chi connectivity index (χ4v) is 3.47. The first-order valence-electron chi connectivity index (χ1n) is 9.72. The second-order valence-electron chi connectivity index (χ2n) is 7.24. The van der Waals surface area contributed by atoms with Crippen LogP contribution in [-0.4, -0.2) is 40.9 Å². The molecule has 1 atom stereocenters. The van der Waals surface area contributed by atoms with Crippen LogP contribution in [0.4, 0.5) is 5.69 Å². The van der Waals surface area contributed by atoms with Gasteiger partial charge in [-0.05, 0) is 42.5 Å². The van der Waals surface area contributed by atoms with Crippen molar-refractivity contribution in [3.63, 3.8) is 0 Å². The van der Waals surface area contributed by atoms with Crippen molar-refractivity contribution in [2.75, 3.05) is 18.5 Å². The maximum absolute atomic E-state index is 13.1. The van der Waals surface area contributed by atoms with Crippen LogP contribution in [0, 0.1) is 11.3 Å². The molecule has 1 aliphatic rings. The van der Waals surface area contributed by atoms with Gasteiger partial charge in [-0.25, -0.2) is 4.52 Å². The van der Waals surface area contributed by atoms with E-state index < -0.39 is 0 Å². The lowest BCUT2D eigenvalue weighted by Gasteiger charge is -2.18. The van der Waals surface area contributed by atoms with E-state index >= 15 is 0 Å². The molecule has 0 radical (unpaired) electrons. The van der Waals surface area contributed by atoms with E-state index in [4.69, 9.17) is 5.26 Å². The van der Waals surface area contributed by atoms with Crippen molar-refractivity contribution in [2.45, 2.75) is 12.8 Å². The highest BCUT2D eigenvalue weighted by Gasteiger charge is 2.20. The molecule has 0 saturated heterocycles. The summed E-state index contributed by atoms with van der Waals surface area (Å²) >= 11 is 0. The molecule has 1 aromatic carbocycles. The summed E-state index contributed by atoms with van der Waals surface area (Å²) < 4.78 is 1.73. The zero-order valence-electron chi connectivity index (χ0n) is 17.1. The van der Waals surface area contributed by atoms with Crippen molar-refractivity contribution >= 4 is 28.9 Å². The van der Waals surface area contributed by atoms with Crippen LogP contribution in [0.3, 0.4) is 0 Å².